The van der Waals surface area contributed by atoms with Crippen LogP contribution in [0.4, 0.5) is 8.78 Å². The van der Waals surface area contributed by atoms with Gasteiger partial charge in [-0.3, -0.25) is 14.5 Å². The molecule has 1 atom stereocenters. The molecule has 0 bridgehead atoms. The number of halogens is 2. The van der Waals surface area contributed by atoms with Crippen molar-refractivity contribution in [3.05, 3.63) is 35.4 Å². The van der Waals surface area contributed by atoms with Crippen molar-refractivity contribution in [2.75, 3.05) is 6.54 Å². The fraction of sp³-hybridized carbons (Fsp3) is 0.429. The van der Waals surface area contributed by atoms with Crippen LogP contribution in [-0.2, 0) is 4.79 Å². The van der Waals surface area contributed by atoms with Crippen LogP contribution in [0.5, 0.6) is 0 Å². The molecule has 1 heterocycles. The summed E-state index contributed by atoms with van der Waals surface area (Å²) in [6, 6.07) is 3.39. The first-order valence-corrected chi connectivity index (χ1v) is 6.20. The molecule has 0 aliphatic carbocycles. The standard InChI is InChI=1S/C14H15F2NO2/c1-8(2)9-6-12(18)17(7-9)14(19)10-4-3-5-11(15)13(10)16/h3-5,8-9H,6-7H2,1-2H3. The van der Waals surface area contributed by atoms with E-state index in [4.69, 9.17) is 0 Å². The molecule has 2 amide bonds. The first-order valence-electron chi connectivity index (χ1n) is 6.20. The number of nitrogens with zero attached hydrogens (tertiary/aromatic N) is 1. The molecule has 0 aromatic heterocycles. The molecule has 3 nitrogen and oxygen atoms in total. The summed E-state index contributed by atoms with van der Waals surface area (Å²) < 4.78 is 26.7. The second-order valence-corrected chi connectivity index (χ2v) is 5.12. The SMILES string of the molecule is CC(C)C1CC(=O)N(C(=O)c2cccc(F)c2F)C1. The molecule has 5 heteroatoms. The van der Waals surface area contributed by atoms with E-state index in [0.29, 0.717) is 0 Å². The highest BCUT2D eigenvalue weighted by Gasteiger charge is 2.36. The van der Waals surface area contributed by atoms with Crippen molar-refractivity contribution in [2.24, 2.45) is 11.8 Å². The van der Waals surface area contributed by atoms with Crippen molar-refractivity contribution >= 4 is 11.8 Å². The zero-order valence-corrected chi connectivity index (χ0v) is 10.8. The van der Waals surface area contributed by atoms with Gasteiger partial charge in [-0.25, -0.2) is 8.78 Å². The number of amides is 2. The van der Waals surface area contributed by atoms with E-state index in [-0.39, 0.29) is 30.7 Å². The van der Waals surface area contributed by atoms with Crippen molar-refractivity contribution in [1.29, 1.82) is 0 Å². The van der Waals surface area contributed by atoms with Gasteiger partial charge in [0.2, 0.25) is 5.91 Å². The number of carbonyl (C=O) groups is 2. The molecule has 102 valence electrons. The maximum atomic E-state index is 13.6. The number of carbonyl (C=O) groups excluding carboxylic acids is 2. The minimum atomic E-state index is -1.20. The fourth-order valence-electron chi connectivity index (χ4n) is 2.19. The quantitative estimate of drug-likeness (QED) is 0.772. The third kappa shape index (κ3) is 2.50. The Labute approximate surface area is 110 Å². The molecule has 1 aliphatic rings. The summed E-state index contributed by atoms with van der Waals surface area (Å²) in [5.41, 5.74) is -0.391. The van der Waals surface area contributed by atoms with Crippen LogP contribution in [0.3, 0.4) is 0 Å². The fourth-order valence-corrected chi connectivity index (χ4v) is 2.19. The Morgan fingerprint density at radius 2 is 2.05 bits per heavy atom. The molecule has 1 fully saturated rings. The van der Waals surface area contributed by atoms with E-state index in [1.165, 1.54) is 12.1 Å². The van der Waals surface area contributed by atoms with E-state index in [9.17, 15) is 18.4 Å². The lowest BCUT2D eigenvalue weighted by Gasteiger charge is -2.16. The lowest BCUT2D eigenvalue weighted by molar-refractivity contribution is -0.125. The molecule has 1 aromatic rings. The largest absolute Gasteiger partial charge is 0.278 e. The molecule has 1 unspecified atom stereocenters. The number of rotatable bonds is 2. The summed E-state index contributed by atoms with van der Waals surface area (Å²) in [6.45, 7) is 4.20. The zero-order chi connectivity index (χ0) is 14.2. The van der Waals surface area contributed by atoms with Gasteiger partial charge in [0.25, 0.3) is 5.91 Å². The molecule has 1 aliphatic heterocycles. The van der Waals surface area contributed by atoms with Gasteiger partial charge < -0.3 is 0 Å². The van der Waals surface area contributed by atoms with E-state index >= 15 is 0 Å². The van der Waals surface area contributed by atoms with Crippen LogP contribution in [-0.4, -0.2) is 23.3 Å². The predicted molar refractivity (Wildman–Crippen MR) is 65.3 cm³/mol. The van der Waals surface area contributed by atoms with E-state index < -0.39 is 23.1 Å². The Morgan fingerprint density at radius 1 is 1.37 bits per heavy atom. The number of imide groups is 1. The topological polar surface area (TPSA) is 37.4 Å². The molecule has 2 rings (SSSR count). The Kier molecular flexibility index (Phi) is 3.64. The summed E-state index contributed by atoms with van der Waals surface area (Å²) in [5, 5.41) is 0. The normalized spacial score (nSPS) is 19.3. The highest BCUT2D eigenvalue weighted by atomic mass is 19.2. The third-order valence-electron chi connectivity index (χ3n) is 3.52. The lowest BCUT2D eigenvalue weighted by atomic mass is 9.95. The second kappa shape index (κ2) is 5.07. The number of benzene rings is 1. The number of hydrogen-bond donors (Lipinski definition) is 0. The molecule has 0 radical (unpaired) electrons. The molecule has 0 N–H and O–H groups in total. The van der Waals surface area contributed by atoms with E-state index in [1.54, 1.807) is 0 Å². The van der Waals surface area contributed by atoms with Crippen molar-refractivity contribution in [3.63, 3.8) is 0 Å². The summed E-state index contributed by atoms with van der Waals surface area (Å²) in [5.74, 6) is -3.03. The maximum absolute atomic E-state index is 13.6. The minimum absolute atomic E-state index is 0.0769. The van der Waals surface area contributed by atoms with Gasteiger partial charge in [-0.2, -0.15) is 0 Å². The van der Waals surface area contributed by atoms with Gasteiger partial charge in [-0.1, -0.05) is 19.9 Å². The van der Waals surface area contributed by atoms with Gasteiger partial charge in [0.15, 0.2) is 11.6 Å². The zero-order valence-electron chi connectivity index (χ0n) is 10.8. The monoisotopic (exact) mass is 267 g/mol. The van der Waals surface area contributed by atoms with Crippen LogP contribution in [0.2, 0.25) is 0 Å². The van der Waals surface area contributed by atoms with Crippen LogP contribution in [0.25, 0.3) is 0 Å². The molecule has 0 saturated carbocycles. The van der Waals surface area contributed by atoms with Gasteiger partial charge in [0.05, 0.1) is 5.56 Å². The third-order valence-corrected chi connectivity index (χ3v) is 3.52. The summed E-state index contributed by atoms with van der Waals surface area (Å²) in [4.78, 5) is 24.9. The van der Waals surface area contributed by atoms with Crippen molar-refractivity contribution in [3.8, 4) is 0 Å². The van der Waals surface area contributed by atoms with Crippen molar-refractivity contribution < 1.29 is 18.4 Å². The first-order chi connectivity index (χ1) is 8.91. The Balaban J connectivity index is 2.25. The highest BCUT2D eigenvalue weighted by molar-refractivity contribution is 6.05. The molecular formula is C14H15F2NO2. The molecule has 19 heavy (non-hydrogen) atoms. The predicted octanol–water partition coefficient (Wildman–Crippen LogP) is 2.61. The molecule has 1 aromatic carbocycles. The Morgan fingerprint density at radius 3 is 2.63 bits per heavy atom. The van der Waals surface area contributed by atoms with Gasteiger partial charge in [-0.15, -0.1) is 0 Å². The van der Waals surface area contributed by atoms with Crippen LogP contribution >= 0.6 is 0 Å². The number of hydrogen-bond acceptors (Lipinski definition) is 2. The van der Waals surface area contributed by atoms with Crippen LogP contribution < -0.4 is 0 Å². The lowest BCUT2D eigenvalue weighted by Crippen LogP contribution is -2.33. The summed E-state index contributed by atoms with van der Waals surface area (Å²) in [6.07, 6.45) is 0.278. The van der Waals surface area contributed by atoms with E-state index in [0.717, 1.165) is 11.0 Å². The van der Waals surface area contributed by atoms with Crippen LogP contribution in [0.1, 0.15) is 30.6 Å². The molecular weight excluding hydrogens is 252 g/mol. The Bertz CT molecular complexity index is 528. The smallest absolute Gasteiger partial charge is 0.263 e. The van der Waals surface area contributed by atoms with Crippen LogP contribution in [0.15, 0.2) is 18.2 Å². The molecule has 0 spiro atoms. The first kappa shape index (κ1) is 13.6. The van der Waals surface area contributed by atoms with E-state index in [1.807, 2.05) is 13.8 Å². The summed E-state index contributed by atoms with van der Waals surface area (Å²) >= 11 is 0. The van der Waals surface area contributed by atoms with E-state index in [2.05, 4.69) is 0 Å². The van der Waals surface area contributed by atoms with Crippen LogP contribution in [0, 0.1) is 23.5 Å². The Hall–Kier alpha value is -1.78. The molecule has 1 saturated heterocycles. The average molecular weight is 267 g/mol. The minimum Gasteiger partial charge on any atom is -0.278 e. The van der Waals surface area contributed by atoms with Crippen molar-refractivity contribution in [2.45, 2.75) is 20.3 Å². The van der Waals surface area contributed by atoms with Gasteiger partial charge in [0.1, 0.15) is 0 Å². The summed E-state index contributed by atoms with van der Waals surface area (Å²) in [7, 11) is 0. The van der Waals surface area contributed by atoms with Gasteiger partial charge in [-0.05, 0) is 24.0 Å². The highest BCUT2D eigenvalue weighted by Crippen LogP contribution is 2.26. The van der Waals surface area contributed by atoms with Gasteiger partial charge >= 0.3 is 0 Å². The van der Waals surface area contributed by atoms with Crippen molar-refractivity contribution in [1.82, 2.24) is 4.90 Å². The second-order valence-electron chi connectivity index (χ2n) is 5.12. The number of likely N-dealkylation sites (tertiary alicyclic amines) is 1. The maximum Gasteiger partial charge on any atom is 0.263 e. The van der Waals surface area contributed by atoms with Gasteiger partial charge in [0, 0.05) is 13.0 Å². The average Bonchev–Trinajstić information content (AvgIpc) is 2.74.